The van der Waals surface area contributed by atoms with Gasteiger partial charge in [-0.05, 0) is 106 Å². The lowest BCUT2D eigenvalue weighted by molar-refractivity contribution is -0.139. The number of carbonyl (C=O) groups is 2. The Morgan fingerprint density at radius 3 is 1.26 bits per heavy atom. The van der Waals surface area contributed by atoms with Crippen LogP contribution in [-0.2, 0) is 22.4 Å². The van der Waals surface area contributed by atoms with Crippen LogP contribution in [0.3, 0.4) is 0 Å². The number of carboxylic acids is 2. The van der Waals surface area contributed by atoms with E-state index >= 15 is 0 Å². The summed E-state index contributed by atoms with van der Waals surface area (Å²) < 4.78 is 2.79. The molecule has 2 N–H and O–H groups in total. The summed E-state index contributed by atoms with van der Waals surface area (Å²) in [7, 11) is 0. The van der Waals surface area contributed by atoms with Crippen LogP contribution in [0, 0.1) is 0 Å². The molecule has 0 radical (unpaired) electrons. The SMILES string of the molecule is CCc1ccc(-n2c(Br)nnc2SC(C)(C)C(=O)O)c2ccccc12.CCc1ccc(-n2c(Br)nnc2SC(C)(C)C(=O)O)c2ccccc12. The van der Waals surface area contributed by atoms with Crippen molar-refractivity contribution in [1.29, 1.82) is 0 Å². The first-order valence-electron chi connectivity index (χ1n) is 15.8. The number of hydrogen-bond acceptors (Lipinski definition) is 8. The molecule has 2 heterocycles. The molecule has 4 aromatic carbocycles. The molecule has 0 saturated carbocycles. The molecule has 6 aromatic rings. The number of aliphatic carboxylic acids is 2. The summed E-state index contributed by atoms with van der Waals surface area (Å²) in [6, 6.07) is 24.6. The molecule has 0 aliphatic rings. The normalized spacial score (nSPS) is 11.8. The zero-order chi connectivity index (χ0) is 36.4. The summed E-state index contributed by atoms with van der Waals surface area (Å²) in [6.07, 6.45) is 1.88. The Hall–Kier alpha value is -3.72. The van der Waals surface area contributed by atoms with Crippen LogP contribution in [0.4, 0.5) is 0 Å². The summed E-state index contributed by atoms with van der Waals surface area (Å²) in [5.74, 6) is -1.79. The van der Waals surface area contributed by atoms with E-state index in [1.165, 1.54) is 45.4 Å². The minimum atomic E-state index is -1.01. The summed E-state index contributed by atoms with van der Waals surface area (Å²) in [5, 5.41) is 41.0. The molecule has 0 saturated heterocycles. The number of hydrogen-bond donors (Lipinski definition) is 2. The Morgan fingerprint density at radius 1 is 0.600 bits per heavy atom. The maximum absolute atomic E-state index is 11.5. The highest BCUT2D eigenvalue weighted by Crippen LogP contribution is 2.38. The number of carboxylic acid groups (broad SMARTS) is 2. The Balaban J connectivity index is 0.000000194. The molecule has 0 unspecified atom stereocenters. The second-order valence-electron chi connectivity index (χ2n) is 12.3. The zero-order valence-corrected chi connectivity index (χ0v) is 33.1. The van der Waals surface area contributed by atoms with Crippen molar-refractivity contribution in [3.05, 3.63) is 93.4 Å². The van der Waals surface area contributed by atoms with Gasteiger partial charge in [0, 0.05) is 10.8 Å². The van der Waals surface area contributed by atoms with E-state index in [2.05, 4.69) is 103 Å². The van der Waals surface area contributed by atoms with Crippen LogP contribution < -0.4 is 0 Å². The van der Waals surface area contributed by atoms with Gasteiger partial charge in [0.05, 0.1) is 11.4 Å². The number of aryl methyl sites for hydroxylation is 2. The zero-order valence-electron chi connectivity index (χ0n) is 28.3. The Morgan fingerprint density at radius 2 is 0.940 bits per heavy atom. The Kier molecular flexibility index (Phi) is 11.5. The first-order valence-corrected chi connectivity index (χ1v) is 19.0. The van der Waals surface area contributed by atoms with Gasteiger partial charge in [0.2, 0.25) is 9.47 Å². The van der Waals surface area contributed by atoms with Crippen molar-refractivity contribution in [2.45, 2.75) is 74.2 Å². The maximum Gasteiger partial charge on any atom is 0.319 e. The first kappa shape index (κ1) is 37.5. The van der Waals surface area contributed by atoms with Gasteiger partial charge in [-0.15, -0.1) is 20.4 Å². The average molecular weight is 841 g/mol. The molecule has 0 fully saturated rings. The topological polar surface area (TPSA) is 136 Å². The van der Waals surface area contributed by atoms with Crippen molar-refractivity contribution in [1.82, 2.24) is 29.5 Å². The van der Waals surface area contributed by atoms with Crippen molar-refractivity contribution in [2.75, 3.05) is 0 Å². The molecule has 0 amide bonds. The molecule has 14 heteroatoms. The standard InChI is InChI=1S/2C18H18BrN3O2S/c2*1-4-11-9-10-14(13-8-6-5-7-12(11)13)22-16(19)20-21-17(22)25-18(2,3)15(23)24/h2*5-10H,4H2,1-3H3,(H,23,24). The fraction of sp³-hybridized carbons (Fsp3) is 0.278. The average Bonchev–Trinajstić information content (AvgIpc) is 3.63. The van der Waals surface area contributed by atoms with Crippen LogP contribution in [-0.4, -0.2) is 61.2 Å². The first-order chi connectivity index (χ1) is 23.7. The molecular weight excluding hydrogens is 804 g/mol. The lowest BCUT2D eigenvalue weighted by Crippen LogP contribution is -2.27. The van der Waals surface area contributed by atoms with Gasteiger partial charge in [0.1, 0.15) is 9.49 Å². The Labute approximate surface area is 315 Å². The Bertz CT molecular complexity index is 2060. The van der Waals surface area contributed by atoms with Crippen molar-refractivity contribution < 1.29 is 19.8 Å². The van der Waals surface area contributed by atoms with Gasteiger partial charge in [-0.2, -0.15) is 0 Å². The fourth-order valence-electron chi connectivity index (χ4n) is 5.28. The van der Waals surface area contributed by atoms with Gasteiger partial charge in [-0.25, -0.2) is 0 Å². The third-order valence-electron chi connectivity index (χ3n) is 8.14. The van der Waals surface area contributed by atoms with Crippen molar-refractivity contribution >= 4 is 88.9 Å². The molecule has 0 aliphatic heterocycles. The van der Waals surface area contributed by atoms with Crippen LogP contribution >= 0.6 is 55.4 Å². The van der Waals surface area contributed by atoms with Crippen molar-refractivity contribution in [3.63, 3.8) is 0 Å². The second-order valence-corrected chi connectivity index (χ2v) is 16.9. The summed E-state index contributed by atoms with van der Waals surface area (Å²) in [5.41, 5.74) is 4.38. The van der Waals surface area contributed by atoms with E-state index in [0.717, 1.165) is 35.0 Å². The van der Waals surface area contributed by atoms with E-state index in [0.29, 0.717) is 19.8 Å². The molecule has 260 valence electrons. The highest BCUT2D eigenvalue weighted by Gasteiger charge is 2.33. The molecule has 0 spiro atoms. The summed E-state index contributed by atoms with van der Waals surface area (Å²) in [4.78, 5) is 23.0. The van der Waals surface area contributed by atoms with Gasteiger partial charge in [0.15, 0.2) is 10.3 Å². The van der Waals surface area contributed by atoms with Gasteiger partial charge in [-0.1, -0.05) is 98.0 Å². The molecule has 50 heavy (non-hydrogen) atoms. The van der Waals surface area contributed by atoms with Gasteiger partial charge < -0.3 is 10.2 Å². The van der Waals surface area contributed by atoms with E-state index in [-0.39, 0.29) is 0 Å². The lowest BCUT2D eigenvalue weighted by atomic mass is 10.0. The largest absolute Gasteiger partial charge is 0.480 e. The second kappa shape index (κ2) is 15.3. The molecule has 6 rings (SSSR count). The number of thioether (sulfide) groups is 2. The molecular formula is C36H36Br2N6O4S2. The summed E-state index contributed by atoms with van der Waals surface area (Å²) >= 11 is 9.25. The highest BCUT2D eigenvalue weighted by molar-refractivity contribution is 9.10. The van der Waals surface area contributed by atoms with Crippen molar-refractivity contribution in [2.24, 2.45) is 0 Å². The van der Waals surface area contributed by atoms with E-state index in [1.54, 1.807) is 27.7 Å². The predicted octanol–water partition coefficient (Wildman–Crippen LogP) is 9.40. The van der Waals surface area contributed by atoms with E-state index in [9.17, 15) is 19.8 Å². The van der Waals surface area contributed by atoms with E-state index < -0.39 is 21.4 Å². The maximum atomic E-state index is 11.5. The summed E-state index contributed by atoms with van der Waals surface area (Å²) in [6.45, 7) is 10.9. The van der Waals surface area contributed by atoms with Gasteiger partial charge in [0.25, 0.3) is 0 Å². The van der Waals surface area contributed by atoms with E-state index in [4.69, 9.17) is 0 Å². The number of fused-ring (bicyclic) bond motifs is 2. The molecule has 2 aromatic heterocycles. The van der Waals surface area contributed by atoms with E-state index in [1.807, 2.05) is 45.5 Å². The molecule has 10 nitrogen and oxygen atoms in total. The van der Waals surface area contributed by atoms with Gasteiger partial charge >= 0.3 is 11.9 Å². The van der Waals surface area contributed by atoms with Crippen LogP contribution in [0.5, 0.6) is 0 Å². The molecule has 0 atom stereocenters. The van der Waals surface area contributed by atoms with Crippen LogP contribution in [0.2, 0.25) is 0 Å². The number of rotatable bonds is 10. The third-order valence-corrected chi connectivity index (χ3v) is 11.4. The number of nitrogens with zero attached hydrogens (tertiary/aromatic N) is 6. The minimum Gasteiger partial charge on any atom is -0.480 e. The lowest BCUT2D eigenvalue weighted by Gasteiger charge is -2.19. The number of aromatic nitrogens is 6. The van der Waals surface area contributed by atoms with Crippen molar-refractivity contribution in [3.8, 4) is 11.4 Å². The van der Waals surface area contributed by atoms with Crippen LogP contribution in [0.1, 0.15) is 52.7 Å². The highest BCUT2D eigenvalue weighted by atomic mass is 79.9. The third kappa shape index (κ3) is 7.63. The van der Waals surface area contributed by atoms with Crippen LogP contribution in [0.25, 0.3) is 32.9 Å². The smallest absolute Gasteiger partial charge is 0.319 e. The van der Waals surface area contributed by atoms with Gasteiger partial charge in [-0.3, -0.25) is 18.7 Å². The molecule has 0 bridgehead atoms. The predicted molar refractivity (Wildman–Crippen MR) is 207 cm³/mol. The number of benzene rings is 4. The quantitative estimate of drug-likeness (QED) is 0.129. The minimum absolute atomic E-state index is 0.536. The van der Waals surface area contributed by atoms with Crippen LogP contribution in [0.15, 0.2) is 92.6 Å². The number of halogens is 2. The fourth-order valence-corrected chi connectivity index (χ4v) is 8.20. The molecule has 0 aliphatic carbocycles. The monoisotopic (exact) mass is 838 g/mol.